The monoisotopic (exact) mass is 496 g/mol. The van der Waals surface area contributed by atoms with Crippen LogP contribution in [-0.4, -0.2) is 19.5 Å². The molecule has 0 aliphatic rings. The van der Waals surface area contributed by atoms with Crippen LogP contribution in [0.5, 0.6) is 0 Å². The number of aromatic nitrogens is 4. The fraction of sp³-hybridized carbons (Fsp3) is 0.118. The molecule has 0 bridgehead atoms. The standard InChI is InChI=1S/C30H20N4.2C2H6/c1-3-9-20(10-4-1)28-27(19-31-30(33-28)21-11-5-2-6-12-21)34-18-17-24-26(34)16-15-23-22-13-7-8-14-25(22)32-29(23)24;2*1-2/h1-19,32H;2*1-2H3. The molecular formula is C34H32N4. The molecule has 7 rings (SSSR count). The van der Waals surface area contributed by atoms with Crippen LogP contribution in [0, 0.1) is 0 Å². The molecule has 4 nitrogen and oxygen atoms in total. The predicted octanol–water partition coefficient (Wildman–Crippen LogP) is 9.44. The summed E-state index contributed by atoms with van der Waals surface area (Å²) in [7, 11) is 0. The van der Waals surface area contributed by atoms with E-state index < -0.39 is 0 Å². The summed E-state index contributed by atoms with van der Waals surface area (Å²) in [6.45, 7) is 8.00. The van der Waals surface area contributed by atoms with Crippen molar-refractivity contribution < 1.29 is 0 Å². The molecular weight excluding hydrogens is 464 g/mol. The number of nitrogens with one attached hydrogen (secondary N) is 1. The van der Waals surface area contributed by atoms with Gasteiger partial charge in [0.1, 0.15) is 0 Å². The second-order valence-corrected chi connectivity index (χ2v) is 8.44. The molecule has 4 aromatic carbocycles. The summed E-state index contributed by atoms with van der Waals surface area (Å²) in [5.41, 5.74) is 7.35. The summed E-state index contributed by atoms with van der Waals surface area (Å²) >= 11 is 0. The topological polar surface area (TPSA) is 46.5 Å². The fourth-order valence-corrected chi connectivity index (χ4v) is 4.83. The first-order chi connectivity index (χ1) is 18.9. The van der Waals surface area contributed by atoms with E-state index in [9.17, 15) is 0 Å². The van der Waals surface area contributed by atoms with Crippen molar-refractivity contribution in [2.45, 2.75) is 27.7 Å². The van der Waals surface area contributed by atoms with Gasteiger partial charge >= 0.3 is 0 Å². The molecule has 188 valence electrons. The number of rotatable bonds is 3. The van der Waals surface area contributed by atoms with Crippen LogP contribution in [0.2, 0.25) is 0 Å². The zero-order valence-electron chi connectivity index (χ0n) is 22.3. The molecule has 3 heterocycles. The van der Waals surface area contributed by atoms with E-state index >= 15 is 0 Å². The van der Waals surface area contributed by atoms with Crippen LogP contribution in [0.25, 0.3) is 61.0 Å². The summed E-state index contributed by atoms with van der Waals surface area (Å²) in [4.78, 5) is 13.4. The van der Waals surface area contributed by atoms with Crippen LogP contribution in [0.4, 0.5) is 0 Å². The quantitative estimate of drug-likeness (QED) is 0.265. The lowest BCUT2D eigenvalue weighted by Gasteiger charge is -2.13. The third-order valence-corrected chi connectivity index (χ3v) is 6.46. The van der Waals surface area contributed by atoms with Crippen molar-refractivity contribution >= 4 is 32.7 Å². The van der Waals surface area contributed by atoms with Crippen molar-refractivity contribution in [3.05, 3.63) is 116 Å². The molecule has 0 amide bonds. The van der Waals surface area contributed by atoms with Crippen molar-refractivity contribution in [1.29, 1.82) is 0 Å². The Bertz CT molecular complexity index is 1800. The van der Waals surface area contributed by atoms with Crippen LogP contribution in [-0.2, 0) is 0 Å². The molecule has 0 fully saturated rings. The molecule has 0 saturated heterocycles. The molecule has 0 atom stereocenters. The number of hydrogen-bond donors (Lipinski definition) is 1. The summed E-state index contributed by atoms with van der Waals surface area (Å²) < 4.78 is 2.19. The zero-order valence-corrected chi connectivity index (χ0v) is 22.3. The number of fused-ring (bicyclic) bond motifs is 5. The summed E-state index contributed by atoms with van der Waals surface area (Å²) in [5.74, 6) is 0.720. The number of benzene rings is 4. The third-order valence-electron chi connectivity index (χ3n) is 6.46. The maximum absolute atomic E-state index is 5.03. The van der Waals surface area contributed by atoms with Crippen molar-refractivity contribution in [1.82, 2.24) is 19.5 Å². The highest BCUT2D eigenvalue weighted by Crippen LogP contribution is 2.35. The van der Waals surface area contributed by atoms with Gasteiger partial charge in [-0.25, -0.2) is 9.97 Å². The Balaban J connectivity index is 0.000000704. The molecule has 0 aliphatic heterocycles. The number of hydrogen-bond acceptors (Lipinski definition) is 2. The Morgan fingerprint density at radius 3 is 2.00 bits per heavy atom. The van der Waals surface area contributed by atoms with E-state index in [0.29, 0.717) is 0 Å². The molecule has 0 saturated carbocycles. The third kappa shape index (κ3) is 4.35. The Labute approximate surface area is 223 Å². The van der Waals surface area contributed by atoms with E-state index in [1.165, 1.54) is 16.2 Å². The molecule has 7 aromatic rings. The average molecular weight is 497 g/mol. The smallest absolute Gasteiger partial charge is 0.159 e. The van der Waals surface area contributed by atoms with E-state index in [0.717, 1.165) is 44.9 Å². The number of aromatic amines is 1. The van der Waals surface area contributed by atoms with E-state index in [2.05, 4.69) is 70.3 Å². The molecule has 1 N–H and O–H groups in total. The van der Waals surface area contributed by atoms with Crippen molar-refractivity contribution in [2.75, 3.05) is 0 Å². The highest BCUT2D eigenvalue weighted by atomic mass is 15.0. The van der Waals surface area contributed by atoms with E-state index in [-0.39, 0.29) is 0 Å². The Hall–Kier alpha value is -4.70. The van der Waals surface area contributed by atoms with Gasteiger partial charge in [-0.2, -0.15) is 0 Å². The molecule has 0 unspecified atom stereocenters. The highest BCUT2D eigenvalue weighted by molar-refractivity contribution is 6.16. The van der Waals surface area contributed by atoms with Gasteiger partial charge in [-0.3, -0.25) is 0 Å². The number of H-pyrrole nitrogens is 1. The SMILES string of the molecule is CC.CC.c1ccc(-c2ncc(-n3ccc4c5[nH]c6ccccc6c5ccc43)c(-c3ccccc3)n2)cc1. The minimum Gasteiger partial charge on any atom is -0.354 e. The summed E-state index contributed by atoms with van der Waals surface area (Å²) in [6.07, 6.45) is 4.05. The van der Waals surface area contributed by atoms with Gasteiger partial charge in [0.25, 0.3) is 0 Å². The van der Waals surface area contributed by atoms with Crippen LogP contribution < -0.4 is 0 Å². The van der Waals surface area contributed by atoms with E-state index in [4.69, 9.17) is 9.97 Å². The normalized spacial score (nSPS) is 10.6. The van der Waals surface area contributed by atoms with Gasteiger partial charge in [-0.1, -0.05) is 113 Å². The Morgan fingerprint density at radius 1 is 0.605 bits per heavy atom. The maximum atomic E-state index is 5.03. The average Bonchev–Trinajstić information content (AvgIpc) is 3.62. The van der Waals surface area contributed by atoms with Crippen LogP contribution in [0.1, 0.15) is 27.7 Å². The minimum absolute atomic E-state index is 0.720. The van der Waals surface area contributed by atoms with Crippen molar-refractivity contribution in [3.8, 4) is 28.3 Å². The predicted molar refractivity (Wildman–Crippen MR) is 162 cm³/mol. The largest absolute Gasteiger partial charge is 0.354 e. The van der Waals surface area contributed by atoms with E-state index in [1.54, 1.807) is 0 Å². The van der Waals surface area contributed by atoms with Crippen LogP contribution in [0.3, 0.4) is 0 Å². The summed E-state index contributed by atoms with van der Waals surface area (Å²) in [5, 5.41) is 3.66. The number of para-hydroxylation sites is 1. The van der Waals surface area contributed by atoms with Crippen molar-refractivity contribution in [2.24, 2.45) is 0 Å². The lowest BCUT2D eigenvalue weighted by molar-refractivity contribution is 1.06. The Morgan fingerprint density at radius 2 is 1.26 bits per heavy atom. The number of nitrogens with zero attached hydrogens (tertiary/aromatic N) is 3. The van der Waals surface area contributed by atoms with Gasteiger partial charge in [0.05, 0.1) is 28.6 Å². The van der Waals surface area contributed by atoms with Gasteiger partial charge in [-0.05, 0) is 18.2 Å². The first kappa shape index (κ1) is 25.0. The van der Waals surface area contributed by atoms with E-state index in [1.807, 2.05) is 82.4 Å². The van der Waals surface area contributed by atoms with Gasteiger partial charge in [0.2, 0.25) is 0 Å². The second kappa shape index (κ2) is 11.1. The fourth-order valence-electron chi connectivity index (χ4n) is 4.83. The van der Waals surface area contributed by atoms with Gasteiger partial charge < -0.3 is 9.55 Å². The first-order valence-electron chi connectivity index (χ1n) is 13.4. The molecule has 4 heteroatoms. The lowest BCUT2D eigenvalue weighted by atomic mass is 10.1. The molecule has 0 radical (unpaired) electrons. The van der Waals surface area contributed by atoms with Gasteiger partial charge in [0.15, 0.2) is 5.82 Å². The minimum atomic E-state index is 0.720. The second-order valence-electron chi connectivity index (χ2n) is 8.44. The van der Waals surface area contributed by atoms with Crippen molar-refractivity contribution in [3.63, 3.8) is 0 Å². The van der Waals surface area contributed by atoms with Gasteiger partial charge in [0, 0.05) is 39.0 Å². The molecule has 38 heavy (non-hydrogen) atoms. The zero-order chi connectivity index (χ0) is 26.5. The van der Waals surface area contributed by atoms with Gasteiger partial charge in [-0.15, -0.1) is 0 Å². The molecule has 0 spiro atoms. The molecule has 0 aliphatic carbocycles. The highest BCUT2D eigenvalue weighted by Gasteiger charge is 2.16. The summed E-state index contributed by atoms with van der Waals surface area (Å²) in [6, 6.07) is 35.5. The maximum Gasteiger partial charge on any atom is 0.159 e. The lowest BCUT2D eigenvalue weighted by Crippen LogP contribution is -2.01. The van der Waals surface area contributed by atoms with Crippen LogP contribution >= 0.6 is 0 Å². The Kier molecular flexibility index (Phi) is 7.32. The van der Waals surface area contributed by atoms with Crippen LogP contribution in [0.15, 0.2) is 116 Å². The molecule has 3 aromatic heterocycles. The first-order valence-corrected chi connectivity index (χ1v) is 13.4.